The molecule has 0 aromatic heterocycles. The topological polar surface area (TPSA) is 84.9 Å². The van der Waals surface area contributed by atoms with E-state index in [1.807, 2.05) is 0 Å². The summed E-state index contributed by atoms with van der Waals surface area (Å²) in [5.41, 5.74) is 0.648. The molecule has 1 N–H and O–H groups in total. The lowest BCUT2D eigenvalue weighted by atomic mass is 10.1. The number of fused-ring (bicyclic) bond motifs is 1. The molecule has 0 fully saturated rings. The van der Waals surface area contributed by atoms with Crippen molar-refractivity contribution >= 4 is 17.7 Å². The van der Waals surface area contributed by atoms with Gasteiger partial charge in [-0.05, 0) is 43.3 Å². The van der Waals surface area contributed by atoms with Gasteiger partial charge >= 0.3 is 0 Å². The fraction of sp³-hybridized carbons (Fsp3) is 0.250. The van der Waals surface area contributed by atoms with Gasteiger partial charge in [0, 0.05) is 0 Å². The van der Waals surface area contributed by atoms with E-state index in [-0.39, 0.29) is 13.2 Å². The summed E-state index contributed by atoms with van der Waals surface area (Å²) in [6.07, 6.45) is 0. The zero-order valence-corrected chi connectivity index (χ0v) is 15.1. The molecule has 1 aliphatic heterocycles. The van der Waals surface area contributed by atoms with Gasteiger partial charge < -0.3 is 14.8 Å². The van der Waals surface area contributed by atoms with Crippen LogP contribution in [0.2, 0.25) is 0 Å². The van der Waals surface area contributed by atoms with Crippen molar-refractivity contribution in [3.05, 3.63) is 59.7 Å². The predicted molar refractivity (Wildman–Crippen MR) is 97.9 cm³/mol. The molecule has 0 radical (unpaired) electrons. The standard InChI is InChI=1S/C20H20N2O5/c1-13(22-19(24)16-5-3-4-6-17(16)20(22)25)18(23)21-11-12-27-15-9-7-14(26-2)8-10-15/h3-10,13H,11-12H2,1-2H3,(H,21,23). The molecule has 1 aliphatic rings. The number of benzene rings is 2. The number of nitrogens with zero attached hydrogens (tertiary/aromatic N) is 1. The van der Waals surface area contributed by atoms with Crippen molar-refractivity contribution in [3.8, 4) is 11.5 Å². The normalized spacial score (nSPS) is 13.9. The van der Waals surface area contributed by atoms with E-state index in [1.54, 1.807) is 55.6 Å². The lowest BCUT2D eigenvalue weighted by Crippen LogP contribution is -2.48. The maximum absolute atomic E-state index is 12.4. The van der Waals surface area contributed by atoms with Gasteiger partial charge in [-0.3, -0.25) is 19.3 Å². The van der Waals surface area contributed by atoms with Crippen LogP contribution in [0.25, 0.3) is 0 Å². The lowest BCUT2D eigenvalue weighted by molar-refractivity contribution is -0.124. The molecule has 0 saturated carbocycles. The Kier molecular flexibility index (Phi) is 5.40. The van der Waals surface area contributed by atoms with Crippen LogP contribution in [0.15, 0.2) is 48.5 Å². The number of hydrogen-bond acceptors (Lipinski definition) is 5. The summed E-state index contributed by atoms with van der Waals surface area (Å²) in [5, 5.41) is 2.69. The van der Waals surface area contributed by atoms with Crippen molar-refractivity contribution in [1.29, 1.82) is 0 Å². The minimum absolute atomic E-state index is 0.248. The van der Waals surface area contributed by atoms with Crippen LogP contribution >= 0.6 is 0 Å². The molecule has 140 valence electrons. The third-order valence-electron chi connectivity index (χ3n) is 4.32. The summed E-state index contributed by atoms with van der Waals surface area (Å²) in [5.74, 6) is 0.0622. The number of carbonyl (C=O) groups is 3. The monoisotopic (exact) mass is 368 g/mol. The molecule has 1 atom stereocenters. The first-order valence-electron chi connectivity index (χ1n) is 8.54. The summed E-state index contributed by atoms with van der Waals surface area (Å²) in [6.45, 7) is 2.03. The SMILES string of the molecule is COc1ccc(OCCNC(=O)C(C)N2C(=O)c3ccccc3C2=O)cc1. The number of hydrogen-bond donors (Lipinski definition) is 1. The highest BCUT2D eigenvalue weighted by Crippen LogP contribution is 2.24. The van der Waals surface area contributed by atoms with Crippen molar-refractivity contribution < 1.29 is 23.9 Å². The molecule has 27 heavy (non-hydrogen) atoms. The van der Waals surface area contributed by atoms with E-state index in [0.29, 0.717) is 16.9 Å². The second-order valence-corrected chi connectivity index (χ2v) is 6.02. The van der Waals surface area contributed by atoms with E-state index < -0.39 is 23.8 Å². The Balaban J connectivity index is 1.51. The molecule has 2 aromatic carbocycles. The van der Waals surface area contributed by atoms with Crippen LogP contribution in [0, 0.1) is 0 Å². The van der Waals surface area contributed by atoms with Gasteiger partial charge in [0.25, 0.3) is 11.8 Å². The molecule has 1 unspecified atom stereocenters. The Morgan fingerprint density at radius 3 is 2.11 bits per heavy atom. The molecule has 0 bridgehead atoms. The summed E-state index contributed by atoms with van der Waals surface area (Å²) in [4.78, 5) is 38.1. The Hall–Kier alpha value is -3.35. The van der Waals surface area contributed by atoms with Gasteiger partial charge in [-0.25, -0.2) is 0 Å². The molecule has 3 amide bonds. The quantitative estimate of drug-likeness (QED) is 0.596. The number of amides is 3. The van der Waals surface area contributed by atoms with Gasteiger partial charge in [0.05, 0.1) is 24.8 Å². The van der Waals surface area contributed by atoms with Crippen LogP contribution in [-0.2, 0) is 4.79 Å². The van der Waals surface area contributed by atoms with Crippen LogP contribution in [0.1, 0.15) is 27.6 Å². The average Bonchev–Trinajstić information content (AvgIpc) is 2.95. The number of nitrogens with one attached hydrogen (secondary N) is 1. The largest absolute Gasteiger partial charge is 0.497 e. The Morgan fingerprint density at radius 2 is 1.56 bits per heavy atom. The molecule has 0 saturated heterocycles. The third kappa shape index (κ3) is 3.76. The Morgan fingerprint density at radius 1 is 1.00 bits per heavy atom. The fourth-order valence-electron chi connectivity index (χ4n) is 2.84. The molecular weight excluding hydrogens is 348 g/mol. The maximum atomic E-state index is 12.4. The third-order valence-corrected chi connectivity index (χ3v) is 4.32. The minimum atomic E-state index is -0.904. The van der Waals surface area contributed by atoms with Crippen LogP contribution in [0.3, 0.4) is 0 Å². The van der Waals surface area contributed by atoms with Crippen molar-refractivity contribution in [2.45, 2.75) is 13.0 Å². The highest BCUT2D eigenvalue weighted by atomic mass is 16.5. The first-order chi connectivity index (χ1) is 13.0. The minimum Gasteiger partial charge on any atom is -0.497 e. The molecule has 2 aromatic rings. The van der Waals surface area contributed by atoms with Gasteiger partial charge in [-0.2, -0.15) is 0 Å². The first-order valence-corrected chi connectivity index (χ1v) is 8.54. The van der Waals surface area contributed by atoms with Crippen molar-refractivity contribution in [3.63, 3.8) is 0 Å². The molecule has 7 nitrogen and oxygen atoms in total. The lowest BCUT2D eigenvalue weighted by Gasteiger charge is -2.21. The van der Waals surface area contributed by atoms with E-state index in [4.69, 9.17) is 9.47 Å². The van der Waals surface area contributed by atoms with Crippen LogP contribution in [0.4, 0.5) is 0 Å². The van der Waals surface area contributed by atoms with Crippen molar-refractivity contribution in [1.82, 2.24) is 10.2 Å². The first kappa shape index (κ1) is 18.4. The Labute approximate surface area is 156 Å². The second kappa shape index (κ2) is 7.90. The zero-order valence-electron chi connectivity index (χ0n) is 15.1. The summed E-state index contributed by atoms with van der Waals surface area (Å²) in [6, 6.07) is 12.7. The van der Waals surface area contributed by atoms with E-state index in [9.17, 15) is 14.4 Å². The predicted octanol–water partition coefficient (Wildman–Crippen LogP) is 1.87. The maximum Gasteiger partial charge on any atom is 0.262 e. The zero-order chi connectivity index (χ0) is 19.4. The molecule has 0 aliphatic carbocycles. The van der Waals surface area contributed by atoms with Crippen LogP contribution in [-0.4, -0.2) is 48.9 Å². The summed E-state index contributed by atoms with van der Waals surface area (Å²) >= 11 is 0. The van der Waals surface area contributed by atoms with Gasteiger partial charge in [0.2, 0.25) is 5.91 Å². The fourth-order valence-corrected chi connectivity index (χ4v) is 2.84. The number of imide groups is 1. The van der Waals surface area contributed by atoms with E-state index in [2.05, 4.69) is 5.32 Å². The number of carbonyl (C=O) groups excluding carboxylic acids is 3. The van der Waals surface area contributed by atoms with Crippen molar-refractivity contribution in [2.24, 2.45) is 0 Å². The second-order valence-electron chi connectivity index (χ2n) is 6.02. The van der Waals surface area contributed by atoms with Crippen LogP contribution < -0.4 is 14.8 Å². The molecular formula is C20H20N2O5. The number of rotatable bonds is 7. The Bertz CT molecular complexity index is 828. The highest BCUT2D eigenvalue weighted by molar-refractivity contribution is 6.22. The van der Waals surface area contributed by atoms with E-state index >= 15 is 0 Å². The number of methoxy groups -OCH3 is 1. The van der Waals surface area contributed by atoms with Gasteiger partial charge in [-0.15, -0.1) is 0 Å². The smallest absolute Gasteiger partial charge is 0.262 e. The summed E-state index contributed by atoms with van der Waals surface area (Å²) < 4.78 is 10.6. The average molecular weight is 368 g/mol. The molecule has 0 spiro atoms. The van der Waals surface area contributed by atoms with Gasteiger partial charge in [-0.1, -0.05) is 12.1 Å². The van der Waals surface area contributed by atoms with E-state index in [1.165, 1.54) is 6.92 Å². The molecule has 7 heteroatoms. The van der Waals surface area contributed by atoms with Gasteiger partial charge in [0.15, 0.2) is 0 Å². The highest BCUT2D eigenvalue weighted by Gasteiger charge is 2.40. The van der Waals surface area contributed by atoms with Crippen LogP contribution in [0.5, 0.6) is 11.5 Å². The summed E-state index contributed by atoms with van der Waals surface area (Å²) in [7, 11) is 1.58. The van der Waals surface area contributed by atoms with Crippen molar-refractivity contribution in [2.75, 3.05) is 20.3 Å². The van der Waals surface area contributed by atoms with E-state index in [0.717, 1.165) is 10.6 Å². The van der Waals surface area contributed by atoms with Gasteiger partial charge in [0.1, 0.15) is 24.1 Å². The molecule has 1 heterocycles. The number of ether oxygens (including phenoxy) is 2. The molecule has 3 rings (SSSR count).